The van der Waals surface area contributed by atoms with Crippen LogP contribution in [-0.4, -0.2) is 11.9 Å². The SMILES string of the molecule is O=C1OC(c2ccc(F)cc2)=N/C1=C/c1cccc(OCc2ccccc2)c1. The molecule has 3 aromatic rings. The number of nitrogens with zero attached hydrogens (tertiary/aromatic N) is 1. The lowest BCUT2D eigenvalue weighted by atomic mass is 10.2. The van der Waals surface area contributed by atoms with Crippen molar-refractivity contribution in [2.75, 3.05) is 0 Å². The second-order valence-corrected chi connectivity index (χ2v) is 6.19. The highest BCUT2D eigenvalue weighted by atomic mass is 19.1. The number of cyclic esters (lactones) is 1. The van der Waals surface area contributed by atoms with Crippen LogP contribution in [0.1, 0.15) is 16.7 Å². The number of esters is 1. The van der Waals surface area contributed by atoms with Crippen LogP contribution in [0.3, 0.4) is 0 Å². The molecule has 0 spiro atoms. The first-order chi connectivity index (χ1) is 13.7. The number of aliphatic imine (C=N–C) groups is 1. The van der Waals surface area contributed by atoms with Crippen LogP contribution in [-0.2, 0) is 16.1 Å². The summed E-state index contributed by atoms with van der Waals surface area (Å²) in [5.74, 6) is -0.0632. The van der Waals surface area contributed by atoms with Crippen LogP contribution in [0.15, 0.2) is 89.6 Å². The molecule has 0 radical (unpaired) electrons. The maximum absolute atomic E-state index is 13.1. The Kier molecular flexibility index (Phi) is 4.97. The van der Waals surface area contributed by atoms with Crippen LogP contribution in [0.5, 0.6) is 5.75 Å². The molecule has 0 aliphatic carbocycles. The van der Waals surface area contributed by atoms with Gasteiger partial charge in [-0.1, -0.05) is 42.5 Å². The van der Waals surface area contributed by atoms with Crippen LogP contribution < -0.4 is 4.74 Å². The summed E-state index contributed by atoms with van der Waals surface area (Å²) in [7, 11) is 0. The van der Waals surface area contributed by atoms with Crippen molar-refractivity contribution in [3.05, 3.63) is 107 Å². The minimum Gasteiger partial charge on any atom is -0.489 e. The fourth-order valence-electron chi connectivity index (χ4n) is 2.72. The van der Waals surface area contributed by atoms with Crippen molar-refractivity contribution < 1.29 is 18.7 Å². The van der Waals surface area contributed by atoms with E-state index in [0.717, 1.165) is 11.1 Å². The van der Waals surface area contributed by atoms with Gasteiger partial charge in [0.2, 0.25) is 5.90 Å². The normalized spacial score (nSPS) is 14.7. The number of hydrogen-bond donors (Lipinski definition) is 0. The molecule has 0 bridgehead atoms. The zero-order valence-electron chi connectivity index (χ0n) is 14.8. The van der Waals surface area contributed by atoms with Crippen LogP contribution >= 0.6 is 0 Å². The molecule has 0 fully saturated rings. The van der Waals surface area contributed by atoms with Crippen molar-refractivity contribution in [2.45, 2.75) is 6.61 Å². The third-order valence-corrected chi connectivity index (χ3v) is 4.12. The van der Waals surface area contributed by atoms with Crippen LogP contribution in [0.2, 0.25) is 0 Å². The molecule has 5 heteroatoms. The van der Waals surface area contributed by atoms with Gasteiger partial charge in [-0.25, -0.2) is 14.2 Å². The standard InChI is InChI=1S/C23H16FNO3/c24-19-11-9-18(10-12-19)22-25-21(23(26)28-22)14-17-7-4-8-20(13-17)27-15-16-5-2-1-3-6-16/h1-14H,15H2/b21-14+. The van der Waals surface area contributed by atoms with Crippen molar-refractivity contribution in [3.8, 4) is 5.75 Å². The fraction of sp³-hybridized carbons (Fsp3) is 0.0435. The maximum atomic E-state index is 13.1. The zero-order valence-corrected chi connectivity index (χ0v) is 14.8. The monoisotopic (exact) mass is 373 g/mol. The molecule has 0 unspecified atom stereocenters. The summed E-state index contributed by atoms with van der Waals surface area (Å²) in [5, 5.41) is 0. The average molecular weight is 373 g/mol. The van der Waals surface area contributed by atoms with E-state index in [2.05, 4.69) is 4.99 Å². The summed E-state index contributed by atoms with van der Waals surface area (Å²) in [4.78, 5) is 16.3. The van der Waals surface area contributed by atoms with E-state index >= 15 is 0 Å². The van der Waals surface area contributed by atoms with E-state index in [9.17, 15) is 9.18 Å². The van der Waals surface area contributed by atoms with E-state index in [4.69, 9.17) is 9.47 Å². The van der Waals surface area contributed by atoms with E-state index < -0.39 is 5.97 Å². The molecule has 1 aliphatic rings. The minimum absolute atomic E-state index is 0.160. The highest BCUT2D eigenvalue weighted by molar-refractivity contribution is 6.12. The largest absolute Gasteiger partial charge is 0.489 e. The maximum Gasteiger partial charge on any atom is 0.363 e. The van der Waals surface area contributed by atoms with Gasteiger partial charge in [0.25, 0.3) is 0 Å². The first-order valence-corrected chi connectivity index (χ1v) is 8.73. The molecule has 4 rings (SSSR count). The second kappa shape index (κ2) is 7.88. The van der Waals surface area contributed by atoms with Crippen LogP contribution in [0.4, 0.5) is 4.39 Å². The Morgan fingerprint density at radius 1 is 0.964 bits per heavy atom. The van der Waals surface area contributed by atoms with Gasteiger partial charge in [-0.3, -0.25) is 0 Å². The lowest BCUT2D eigenvalue weighted by molar-refractivity contribution is -0.129. The van der Waals surface area contributed by atoms with Gasteiger partial charge < -0.3 is 9.47 Å². The van der Waals surface area contributed by atoms with E-state index in [1.807, 2.05) is 54.6 Å². The summed E-state index contributed by atoms with van der Waals surface area (Å²) >= 11 is 0. The van der Waals surface area contributed by atoms with Crippen molar-refractivity contribution in [2.24, 2.45) is 4.99 Å². The lowest BCUT2D eigenvalue weighted by Crippen LogP contribution is -2.05. The average Bonchev–Trinajstić information content (AvgIpc) is 3.08. The Balaban J connectivity index is 1.51. The van der Waals surface area contributed by atoms with Crippen molar-refractivity contribution >= 4 is 17.9 Å². The summed E-state index contributed by atoms with van der Waals surface area (Å²) < 4.78 is 24.1. The van der Waals surface area contributed by atoms with Gasteiger partial charge in [0.05, 0.1) is 0 Å². The van der Waals surface area contributed by atoms with Gasteiger partial charge in [0.1, 0.15) is 18.2 Å². The molecule has 0 atom stereocenters. The first-order valence-electron chi connectivity index (χ1n) is 8.73. The predicted octanol–water partition coefficient (Wildman–Crippen LogP) is 4.75. The Morgan fingerprint density at radius 2 is 1.75 bits per heavy atom. The number of benzene rings is 3. The van der Waals surface area contributed by atoms with Crippen molar-refractivity contribution in [1.82, 2.24) is 0 Å². The van der Waals surface area contributed by atoms with Gasteiger partial charge in [0, 0.05) is 5.56 Å². The number of hydrogen-bond acceptors (Lipinski definition) is 4. The van der Waals surface area contributed by atoms with Crippen molar-refractivity contribution in [3.63, 3.8) is 0 Å². The van der Waals surface area contributed by atoms with E-state index in [1.165, 1.54) is 24.3 Å². The summed E-state index contributed by atoms with van der Waals surface area (Å²) in [5.41, 5.74) is 2.55. The van der Waals surface area contributed by atoms with Gasteiger partial charge in [-0.05, 0) is 53.6 Å². The molecule has 138 valence electrons. The number of halogens is 1. The molecular weight excluding hydrogens is 357 g/mol. The molecule has 0 aromatic heterocycles. The smallest absolute Gasteiger partial charge is 0.363 e. The van der Waals surface area contributed by atoms with Gasteiger partial charge in [-0.2, -0.15) is 0 Å². The third-order valence-electron chi connectivity index (χ3n) is 4.12. The summed E-state index contributed by atoms with van der Waals surface area (Å²) in [6, 6.07) is 22.9. The molecule has 1 aliphatic heterocycles. The molecule has 1 heterocycles. The van der Waals surface area contributed by atoms with E-state index in [-0.39, 0.29) is 17.4 Å². The van der Waals surface area contributed by atoms with Crippen LogP contribution in [0.25, 0.3) is 6.08 Å². The lowest BCUT2D eigenvalue weighted by Gasteiger charge is -2.07. The zero-order chi connectivity index (χ0) is 19.3. The van der Waals surface area contributed by atoms with Gasteiger partial charge in [-0.15, -0.1) is 0 Å². The molecule has 0 saturated heterocycles. The number of ether oxygens (including phenoxy) is 2. The number of carbonyl (C=O) groups is 1. The van der Waals surface area contributed by atoms with Crippen molar-refractivity contribution in [1.29, 1.82) is 0 Å². The molecule has 0 N–H and O–H groups in total. The molecule has 28 heavy (non-hydrogen) atoms. The summed E-state index contributed by atoms with van der Waals surface area (Å²) in [6.07, 6.45) is 1.63. The molecule has 0 amide bonds. The molecule has 3 aromatic carbocycles. The second-order valence-electron chi connectivity index (χ2n) is 6.19. The Hall–Kier alpha value is -3.73. The number of rotatable bonds is 5. The Morgan fingerprint density at radius 3 is 2.54 bits per heavy atom. The predicted molar refractivity (Wildman–Crippen MR) is 104 cm³/mol. The molecule has 4 nitrogen and oxygen atoms in total. The third kappa shape index (κ3) is 4.15. The van der Waals surface area contributed by atoms with Gasteiger partial charge in [0.15, 0.2) is 5.70 Å². The molecule has 0 saturated carbocycles. The van der Waals surface area contributed by atoms with E-state index in [0.29, 0.717) is 17.9 Å². The fourth-order valence-corrected chi connectivity index (χ4v) is 2.72. The van der Waals surface area contributed by atoms with Crippen LogP contribution in [0, 0.1) is 5.82 Å². The first kappa shape index (κ1) is 17.7. The highest BCUT2D eigenvalue weighted by Gasteiger charge is 2.24. The highest BCUT2D eigenvalue weighted by Crippen LogP contribution is 2.22. The minimum atomic E-state index is -0.546. The Labute approximate surface area is 161 Å². The van der Waals surface area contributed by atoms with E-state index in [1.54, 1.807) is 6.08 Å². The molecular formula is C23H16FNO3. The Bertz CT molecular complexity index is 1060. The van der Waals surface area contributed by atoms with Gasteiger partial charge >= 0.3 is 5.97 Å². The number of carbonyl (C=O) groups excluding carboxylic acids is 1. The quantitative estimate of drug-likeness (QED) is 0.479. The summed E-state index contributed by atoms with van der Waals surface area (Å²) in [6.45, 7) is 0.454. The topological polar surface area (TPSA) is 47.9 Å².